The van der Waals surface area contributed by atoms with Gasteiger partial charge in [0.25, 0.3) is 0 Å². The molecule has 0 aromatic heterocycles. The van der Waals surface area contributed by atoms with Gasteiger partial charge in [-0.25, -0.2) is 0 Å². The Morgan fingerprint density at radius 3 is 2.14 bits per heavy atom. The molecule has 2 heterocycles. The molecule has 2 aliphatic heterocycles. The van der Waals surface area contributed by atoms with E-state index in [0.717, 1.165) is 19.5 Å². The second kappa shape index (κ2) is 8.84. The van der Waals surface area contributed by atoms with Gasteiger partial charge in [-0.2, -0.15) is 0 Å². The molecule has 2 fully saturated rings. The number of esters is 2. The molecule has 0 bridgehead atoms. The highest BCUT2D eigenvalue weighted by Gasteiger charge is 2.30. The van der Waals surface area contributed by atoms with Crippen LogP contribution < -0.4 is 5.32 Å². The predicted molar refractivity (Wildman–Crippen MR) is 75.9 cm³/mol. The van der Waals surface area contributed by atoms with E-state index in [4.69, 9.17) is 11.6 Å². The SMILES string of the molecule is COC(=O)C1CCN(C(=O)Cl)C1.COC(=O)C1CCNC1. The van der Waals surface area contributed by atoms with E-state index in [-0.39, 0.29) is 23.8 Å². The molecule has 120 valence electrons. The summed E-state index contributed by atoms with van der Waals surface area (Å²) in [5, 5.41) is 2.59. The molecule has 1 N–H and O–H groups in total. The van der Waals surface area contributed by atoms with Crippen LogP contribution in [0.25, 0.3) is 0 Å². The molecule has 2 saturated heterocycles. The smallest absolute Gasteiger partial charge is 0.316 e. The number of amides is 1. The number of hydrogen-bond acceptors (Lipinski definition) is 6. The summed E-state index contributed by atoms with van der Waals surface area (Å²) in [7, 11) is 2.77. The molecule has 2 atom stereocenters. The lowest BCUT2D eigenvalue weighted by atomic mass is 10.1. The van der Waals surface area contributed by atoms with E-state index in [2.05, 4.69) is 14.8 Å². The number of nitrogens with zero attached hydrogens (tertiary/aromatic N) is 1. The van der Waals surface area contributed by atoms with Crippen molar-refractivity contribution < 1.29 is 23.9 Å². The summed E-state index contributed by atoms with van der Waals surface area (Å²) >= 11 is 5.23. The largest absolute Gasteiger partial charge is 0.469 e. The average Bonchev–Trinajstić information content (AvgIpc) is 3.17. The van der Waals surface area contributed by atoms with Crippen LogP contribution in [-0.2, 0) is 19.1 Å². The Bertz CT molecular complexity index is 385. The third-order valence-electron chi connectivity index (χ3n) is 3.57. The van der Waals surface area contributed by atoms with Gasteiger partial charge >= 0.3 is 17.3 Å². The fourth-order valence-electron chi connectivity index (χ4n) is 2.30. The first-order chi connectivity index (χ1) is 9.99. The molecular formula is C13H21ClN2O5. The molecular weight excluding hydrogens is 300 g/mol. The molecule has 7 nitrogen and oxygen atoms in total. The molecule has 8 heteroatoms. The minimum atomic E-state index is -0.499. The summed E-state index contributed by atoms with van der Waals surface area (Å²) in [6, 6.07) is 0. The Labute approximate surface area is 128 Å². The third kappa shape index (κ3) is 5.51. The number of carbonyl (C=O) groups is 3. The molecule has 0 aromatic carbocycles. The zero-order valence-electron chi connectivity index (χ0n) is 12.3. The fourth-order valence-corrected chi connectivity index (χ4v) is 2.46. The van der Waals surface area contributed by atoms with Gasteiger partial charge in [-0.3, -0.25) is 14.4 Å². The van der Waals surface area contributed by atoms with E-state index < -0.39 is 5.37 Å². The maximum Gasteiger partial charge on any atom is 0.316 e. The van der Waals surface area contributed by atoms with Crippen molar-refractivity contribution in [2.75, 3.05) is 40.4 Å². The highest BCUT2D eigenvalue weighted by Crippen LogP contribution is 2.18. The molecule has 1 amide bonds. The van der Waals surface area contributed by atoms with E-state index in [0.29, 0.717) is 19.5 Å². The van der Waals surface area contributed by atoms with Crippen molar-refractivity contribution >= 4 is 28.9 Å². The van der Waals surface area contributed by atoms with Gasteiger partial charge in [-0.15, -0.1) is 0 Å². The van der Waals surface area contributed by atoms with Gasteiger partial charge < -0.3 is 19.7 Å². The molecule has 21 heavy (non-hydrogen) atoms. The van der Waals surface area contributed by atoms with Crippen molar-refractivity contribution in [2.45, 2.75) is 12.8 Å². The topological polar surface area (TPSA) is 84.9 Å². The zero-order chi connectivity index (χ0) is 15.8. The lowest BCUT2D eigenvalue weighted by Crippen LogP contribution is -2.25. The Morgan fingerprint density at radius 1 is 1.10 bits per heavy atom. The van der Waals surface area contributed by atoms with Crippen LogP contribution in [0.2, 0.25) is 0 Å². The predicted octanol–water partition coefficient (Wildman–Crippen LogP) is 0.609. The lowest BCUT2D eigenvalue weighted by Gasteiger charge is -2.10. The van der Waals surface area contributed by atoms with Gasteiger partial charge in [0.2, 0.25) is 0 Å². The molecule has 2 rings (SSSR count). The number of methoxy groups -OCH3 is 2. The van der Waals surface area contributed by atoms with Crippen LogP contribution in [0.1, 0.15) is 12.8 Å². The summed E-state index contributed by atoms with van der Waals surface area (Å²) in [4.78, 5) is 33.8. The van der Waals surface area contributed by atoms with Gasteiger partial charge in [0.1, 0.15) is 0 Å². The number of likely N-dealkylation sites (tertiary alicyclic amines) is 1. The Hall–Kier alpha value is -1.34. The van der Waals surface area contributed by atoms with E-state index in [1.165, 1.54) is 19.1 Å². The molecule has 0 aliphatic carbocycles. The third-order valence-corrected chi connectivity index (χ3v) is 3.81. The van der Waals surface area contributed by atoms with Gasteiger partial charge in [0.15, 0.2) is 0 Å². The van der Waals surface area contributed by atoms with Crippen LogP contribution in [0.3, 0.4) is 0 Å². The van der Waals surface area contributed by atoms with E-state index in [1.807, 2.05) is 0 Å². The zero-order valence-corrected chi connectivity index (χ0v) is 13.0. The average molecular weight is 321 g/mol. The van der Waals surface area contributed by atoms with Crippen LogP contribution in [0.5, 0.6) is 0 Å². The van der Waals surface area contributed by atoms with Crippen molar-refractivity contribution in [3.05, 3.63) is 0 Å². The van der Waals surface area contributed by atoms with Crippen molar-refractivity contribution in [1.82, 2.24) is 10.2 Å². The second-order valence-electron chi connectivity index (χ2n) is 4.92. The summed E-state index contributed by atoms with van der Waals surface area (Å²) in [6.07, 6.45) is 1.57. The Kier molecular flexibility index (Phi) is 7.45. The minimum absolute atomic E-state index is 0.0833. The molecule has 0 saturated carbocycles. The number of hydrogen-bond donors (Lipinski definition) is 1. The van der Waals surface area contributed by atoms with Crippen molar-refractivity contribution in [1.29, 1.82) is 0 Å². The standard InChI is InChI=1S/C7H10ClNO3.C6H11NO2/c1-12-6(10)5-2-3-9(4-5)7(8)11;1-9-6(8)5-2-3-7-4-5/h5H,2-4H2,1H3;5,7H,2-4H2,1H3. The first kappa shape index (κ1) is 17.7. The summed E-state index contributed by atoms with van der Waals surface area (Å²) in [6.45, 7) is 2.66. The maximum atomic E-state index is 11.0. The van der Waals surface area contributed by atoms with E-state index in [9.17, 15) is 14.4 Å². The number of carbonyl (C=O) groups excluding carboxylic acids is 3. The van der Waals surface area contributed by atoms with E-state index >= 15 is 0 Å². The molecule has 2 aliphatic rings. The number of ether oxygens (including phenoxy) is 2. The highest BCUT2D eigenvalue weighted by atomic mass is 35.5. The quantitative estimate of drug-likeness (QED) is 0.456. The van der Waals surface area contributed by atoms with Crippen molar-refractivity contribution in [3.8, 4) is 0 Å². The number of rotatable bonds is 2. The molecule has 0 aromatic rings. The summed E-state index contributed by atoms with van der Waals surface area (Å²) < 4.78 is 9.10. The minimum Gasteiger partial charge on any atom is -0.469 e. The highest BCUT2D eigenvalue weighted by molar-refractivity contribution is 6.62. The monoisotopic (exact) mass is 320 g/mol. The first-order valence-electron chi connectivity index (χ1n) is 6.80. The molecule has 0 spiro atoms. The number of halogens is 1. The van der Waals surface area contributed by atoms with Crippen LogP contribution >= 0.6 is 11.6 Å². The first-order valence-corrected chi connectivity index (χ1v) is 7.18. The van der Waals surface area contributed by atoms with Crippen LogP contribution in [0.15, 0.2) is 0 Å². The van der Waals surface area contributed by atoms with Gasteiger partial charge in [-0.05, 0) is 31.0 Å². The number of nitrogens with one attached hydrogen (secondary N) is 1. The summed E-state index contributed by atoms with van der Waals surface area (Å²) in [5.74, 6) is -0.442. The normalized spacial score (nSPS) is 24.0. The molecule has 2 unspecified atom stereocenters. The van der Waals surface area contributed by atoms with Crippen molar-refractivity contribution in [3.63, 3.8) is 0 Å². The molecule has 0 radical (unpaired) electrons. The van der Waals surface area contributed by atoms with E-state index in [1.54, 1.807) is 0 Å². The van der Waals surface area contributed by atoms with Crippen molar-refractivity contribution in [2.24, 2.45) is 11.8 Å². The van der Waals surface area contributed by atoms with Crippen LogP contribution in [-0.4, -0.2) is 62.6 Å². The fraction of sp³-hybridized carbons (Fsp3) is 0.769. The van der Waals surface area contributed by atoms with Gasteiger partial charge in [-0.1, -0.05) is 0 Å². The van der Waals surface area contributed by atoms with Crippen LogP contribution in [0, 0.1) is 11.8 Å². The second-order valence-corrected chi connectivity index (χ2v) is 5.24. The summed E-state index contributed by atoms with van der Waals surface area (Å²) in [5.41, 5.74) is 0. The Morgan fingerprint density at radius 2 is 1.71 bits per heavy atom. The maximum absolute atomic E-state index is 11.0. The van der Waals surface area contributed by atoms with Crippen LogP contribution in [0.4, 0.5) is 4.79 Å². The van der Waals surface area contributed by atoms with Gasteiger partial charge in [0.05, 0.1) is 26.1 Å². The Balaban J connectivity index is 0.000000219. The van der Waals surface area contributed by atoms with Gasteiger partial charge in [0, 0.05) is 19.6 Å². The lowest BCUT2D eigenvalue weighted by molar-refractivity contribution is -0.145.